The van der Waals surface area contributed by atoms with E-state index in [0.29, 0.717) is 37.3 Å². The second-order valence-electron chi connectivity index (χ2n) is 12.4. The molecule has 2 aliphatic carbocycles. The molecule has 1 aliphatic heterocycles. The number of nitrogens with one attached hydrogen (secondary N) is 1. The van der Waals surface area contributed by atoms with Crippen molar-refractivity contribution in [3.05, 3.63) is 66.7 Å². The largest absolute Gasteiger partial charge is 0.497 e. The number of benzene rings is 2. The van der Waals surface area contributed by atoms with Gasteiger partial charge in [0.25, 0.3) is 0 Å². The molecule has 5 atom stereocenters. The van der Waals surface area contributed by atoms with Crippen LogP contribution in [0.2, 0.25) is 0 Å². The lowest BCUT2D eigenvalue weighted by molar-refractivity contribution is -0.150. The maximum Gasteiger partial charge on any atom is 0.332 e. The van der Waals surface area contributed by atoms with Crippen molar-refractivity contribution >= 4 is 28.7 Å². The smallest absolute Gasteiger partial charge is 0.332 e. The molecule has 9 nitrogen and oxygen atoms in total. The summed E-state index contributed by atoms with van der Waals surface area (Å²) in [5, 5.41) is 3.87. The van der Waals surface area contributed by atoms with Gasteiger partial charge in [-0.3, -0.25) is 9.59 Å². The van der Waals surface area contributed by atoms with Crippen molar-refractivity contribution < 1.29 is 28.6 Å². The minimum absolute atomic E-state index is 0.0688. The molecule has 0 radical (unpaired) electrons. The molecule has 0 bridgehead atoms. The first-order chi connectivity index (χ1) is 21.8. The molecule has 0 unspecified atom stereocenters. The maximum absolute atomic E-state index is 14.0. The lowest BCUT2D eigenvalue weighted by atomic mass is 9.93. The number of esters is 1. The van der Waals surface area contributed by atoms with Crippen LogP contribution in [0.4, 0.5) is 0 Å². The van der Waals surface area contributed by atoms with Gasteiger partial charge in [0.1, 0.15) is 23.1 Å². The number of carbonyl (C=O) groups excluding carboxylic acids is 3. The van der Waals surface area contributed by atoms with Crippen molar-refractivity contribution in [2.45, 2.75) is 57.1 Å². The van der Waals surface area contributed by atoms with Crippen molar-refractivity contribution in [2.24, 2.45) is 17.8 Å². The zero-order valence-electron chi connectivity index (χ0n) is 26.2. The molecule has 2 saturated carbocycles. The first-order valence-electron chi connectivity index (χ1n) is 15.9. The number of allylic oxidation sites excluding steroid dienone is 1. The lowest BCUT2D eigenvalue weighted by Crippen LogP contribution is -2.50. The number of hydrogen-bond donors (Lipinski definition) is 1. The standard InChI is InChI=1S/C36H41N3O6/c1-4-44-35(42)36-22-24(36)14-10-5-6-11-17-39(2)34(41)29-19-26(18-28(29)33(40)38-36)45-32-21-30(23-12-8-7-9-13-23)37-31-20-25(43-3)15-16-27(31)32/h7-10,12-16,20-21,24,26,28-29H,4-6,11,17-19,22H2,1-3H3,(H,38,40)/t24-,26-,28-,29-,36-/m1/s1. The second kappa shape index (κ2) is 12.9. The molecule has 2 heterocycles. The van der Waals surface area contributed by atoms with E-state index >= 15 is 0 Å². The Kier molecular flexibility index (Phi) is 8.79. The SMILES string of the molecule is CCOC(=O)[C@@]12C[C@H]1C=CCCCCN(C)C(=O)[C@@H]1C[C@H](Oc3cc(-c4ccccc4)nc4cc(OC)ccc34)C[C@H]1C(=O)N2. The van der Waals surface area contributed by atoms with Gasteiger partial charge in [0, 0.05) is 42.6 Å². The summed E-state index contributed by atoms with van der Waals surface area (Å²) in [7, 11) is 3.42. The van der Waals surface area contributed by atoms with E-state index in [9.17, 15) is 14.4 Å². The van der Waals surface area contributed by atoms with Gasteiger partial charge in [0.15, 0.2) is 0 Å². The molecule has 236 valence electrons. The molecule has 3 aliphatic rings. The molecule has 1 N–H and O–H groups in total. The van der Waals surface area contributed by atoms with Crippen molar-refractivity contribution in [2.75, 3.05) is 27.3 Å². The van der Waals surface area contributed by atoms with E-state index in [1.54, 1.807) is 26.0 Å². The molecule has 2 fully saturated rings. The highest BCUT2D eigenvalue weighted by Crippen LogP contribution is 2.47. The summed E-state index contributed by atoms with van der Waals surface area (Å²) in [6, 6.07) is 17.5. The Balaban J connectivity index is 1.32. The Hall–Kier alpha value is -4.40. The molecule has 0 spiro atoms. The number of amides is 2. The summed E-state index contributed by atoms with van der Waals surface area (Å²) >= 11 is 0. The van der Waals surface area contributed by atoms with Gasteiger partial charge in [0.2, 0.25) is 11.8 Å². The van der Waals surface area contributed by atoms with Gasteiger partial charge >= 0.3 is 5.97 Å². The van der Waals surface area contributed by atoms with Crippen molar-refractivity contribution in [1.29, 1.82) is 0 Å². The van der Waals surface area contributed by atoms with E-state index in [1.807, 2.05) is 60.7 Å². The van der Waals surface area contributed by atoms with Gasteiger partial charge in [-0.1, -0.05) is 42.5 Å². The van der Waals surface area contributed by atoms with Crippen LogP contribution in [0, 0.1) is 17.8 Å². The Morgan fingerprint density at radius 1 is 1.07 bits per heavy atom. The highest BCUT2D eigenvalue weighted by atomic mass is 16.5. The van der Waals surface area contributed by atoms with E-state index in [1.165, 1.54) is 0 Å². The summed E-state index contributed by atoms with van der Waals surface area (Å²) in [5.74, 6) is -0.811. The first kappa shape index (κ1) is 30.6. The Morgan fingerprint density at radius 3 is 2.64 bits per heavy atom. The number of nitrogens with zero attached hydrogens (tertiary/aromatic N) is 2. The fraction of sp³-hybridized carbons (Fsp3) is 0.444. The van der Waals surface area contributed by atoms with Gasteiger partial charge in [0.05, 0.1) is 36.8 Å². The molecular formula is C36H41N3O6. The molecule has 0 saturated heterocycles. The molecule has 9 heteroatoms. The quantitative estimate of drug-likeness (QED) is 0.297. The topological polar surface area (TPSA) is 107 Å². The predicted molar refractivity (Wildman–Crippen MR) is 171 cm³/mol. The molecule has 45 heavy (non-hydrogen) atoms. The van der Waals surface area contributed by atoms with Crippen LogP contribution in [0.5, 0.6) is 11.5 Å². The summed E-state index contributed by atoms with van der Waals surface area (Å²) in [4.78, 5) is 47.6. The number of methoxy groups -OCH3 is 1. The number of fused-ring (bicyclic) bond motifs is 3. The van der Waals surface area contributed by atoms with E-state index in [4.69, 9.17) is 19.2 Å². The van der Waals surface area contributed by atoms with E-state index in [2.05, 4.69) is 11.4 Å². The molecule has 1 aromatic heterocycles. The maximum atomic E-state index is 14.0. The first-order valence-corrected chi connectivity index (χ1v) is 15.9. The zero-order chi connectivity index (χ0) is 31.6. The molecular weight excluding hydrogens is 570 g/mol. The summed E-state index contributed by atoms with van der Waals surface area (Å²) < 4.78 is 17.6. The minimum Gasteiger partial charge on any atom is -0.497 e. The van der Waals surface area contributed by atoms with E-state index in [0.717, 1.165) is 41.4 Å². The Bertz CT molecular complexity index is 1610. The van der Waals surface area contributed by atoms with Crippen LogP contribution in [-0.4, -0.2) is 66.6 Å². The molecule has 3 aromatic rings. The average Bonchev–Trinajstić information content (AvgIpc) is 3.59. The van der Waals surface area contributed by atoms with Crippen LogP contribution < -0.4 is 14.8 Å². The van der Waals surface area contributed by atoms with Crippen molar-refractivity contribution in [1.82, 2.24) is 15.2 Å². The Labute approximate surface area is 263 Å². The number of hydrogen-bond acceptors (Lipinski definition) is 7. The third-order valence-electron chi connectivity index (χ3n) is 9.38. The summed E-state index contributed by atoms with van der Waals surface area (Å²) in [6.07, 6.45) is 7.58. The van der Waals surface area contributed by atoms with Gasteiger partial charge in [-0.05, 0) is 57.6 Å². The number of ether oxygens (including phenoxy) is 3. The van der Waals surface area contributed by atoms with Gasteiger partial charge in [-0.25, -0.2) is 9.78 Å². The number of aromatic nitrogens is 1. The van der Waals surface area contributed by atoms with Crippen molar-refractivity contribution in [3.63, 3.8) is 0 Å². The average molecular weight is 612 g/mol. The number of carbonyl (C=O) groups is 3. The fourth-order valence-electron chi connectivity index (χ4n) is 6.77. The summed E-state index contributed by atoms with van der Waals surface area (Å²) in [6.45, 7) is 2.61. The third-order valence-corrected chi connectivity index (χ3v) is 9.38. The van der Waals surface area contributed by atoms with Crippen LogP contribution in [0.25, 0.3) is 22.2 Å². The van der Waals surface area contributed by atoms with Crippen LogP contribution in [-0.2, 0) is 19.1 Å². The van der Waals surface area contributed by atoms with Crippen molar-refractivity contribution in [3.8, 4) is 22.8 Å². The van der Waals surface area contributed by atoms with Crippen LogP contribution in [0.1, 0.15) is 45.4 Å². The minimum atomic E-state index is -1.09. The van der Waals surface area contributed by atoms with Crippen LogP contribution >= 0.6 is 0 Å². The highest BCUT2D eigenvalue weighted by molar-refractivity contribution is 5.95. The van der Waals surface area contributed by atoms with Gasteiger partial charge in [-0.2, -0.15) is 0 Å². The zero-order valence-corrected chi connectivity index (χ0v) is 26.2. The lowest BCUT2D eigenvalue weighted by Gasteiger charge is -2.26. The Morgan fingerprint density at radius 2 is 1.87 bits per heavy atom. The second-order valence-corrected chi connectivity index (χ2v) is 12.4. The van der Waals surface area contributed by atoms with Gasteiger partial charge in [-0.15, -0.1) is 0 Å². The van der Waals surface area contributed by atoms with E-state index in [-0.39, 0.29) is 24.3 Å². The monoisotopic (exact) mass is 611 g/mol. The fourth-order valence-corrected chi connectivity index (χ4v) is 6.77. The predicted octanol–water partition coefficient (Wildman–Crippen LogP) is 5.32. The van der Waals surface area contributed by atoms with Crippen LogP contribution in [0.3, 0.4) is 0 Å². The molecule has 2 aromatic carbocycles. The molecule has 2 amide bonds. The number of pyridine rings is 1. The number of rotatable bonds is 6. The summed E-state index contributed by atoms with van der Waals surface area (Å²) in [5.41, 5.74) is 1.33. The highest BCUT2D eigenvalue weighted by Gasteiger charge is 2.62. The van der Waals surface area contributed by atoms with E-state index < -0.39 is 29.4 Å². The van der Waals surface area contributed by atoms with Gasteiger partial charge < -0.3 is 24.4 Å². The third kappa shape index (κ3) is 6.26. The normalized spacial score (nSPS) is 26.8. The molecule has 6 rings (SSSR count). The van der Waals surface area contributed by atoms with Crippen LogP contribution in [0.15, 0.2) is 66.7 Å².